The number of ether oxygens (including phenoxy) is 1. The number of aliphatic hydroxyl groups is 1. The Morgan fingerprint density at radius 1 is 1.17 bits per heavy atom. The fourth-order valence-corrected chi connectivity index (χ4v) is 1.91. The van der Waals surface area contributed by atoms with Crippen LogP contribution in [0.5, 0.6) is 0 Å². The summed E-state index contributed by atoms with van der Waals surface area (Å²) in [6, 6.07) is 0. The van der Waals surface area contributed by atoms with Gasteiger partial charge in [0, 0.05) is 18.4 Å². The number of hydrogen-bond acceptors (Lipinski definition) is 4. The summed E-state index contributed by atoms with van der Waals surface area (Å²) in [6.45, 7) is 8.26. The van der Waals surface area contributed by atoms with Gasteiger partial charge in [-0.15, -0.1) is 0 Å². The largest absolute Gasteiger partial charge is 0.389 e. The first-order valence-corrected chi connectivity index (χ1v) is 6.45. The molecule has 1 saturated heterocycles. The molecular weight excluding hydrogens is 234 g/mol. The number of nitrogens with zero attached hydrogens (tertiary/aromatic N) is 1. The average molecular weight is 257 g/mol. The minimum atomic E-state index is -0.811. The molecule has 0 radical (unpaired) electrons. The van der Waals surface area contributed by atoms with Crippen molar-refractivity contribution in [3.8, 4) is 0 Å². The summed E-state index contributed by atoms with van der Waals surface area (Å²) in [4.78, 5) is 24.7. The average Bonchev–Trinajstić information content (AvgIpc) is 2.46. The van der Waals surface area contributed by atoms with Crippen LogP contribution in [0.1, 0.15) is 27.7 Å². The van der Waals surface area contributed by atoms with Gasteiger partial charge in [0.1, 0.15) is 0 Å². The SMILES string of the molecule is CC(C)COC[C@H](O)CN1C(=O)[C@@H](C)[C@@H](C)C1=O. The van der Waals surface area contributed by atoms with Crippen LogP contribution in [0.15, 0.2) is 0 Å². The highest BCUT2D eigenvalue weighted by Gasteiger charge is 2.42. The number of likely N-dealkylation sites (tertiary alicyclic amines) is 1. The van der Waals surface area contributed by atoms with Crippen LogP contribution in [0, 0.1) is 17.8 Å². The number of carbonyl (C=O) groups is 2. The molecule has 2 amide bonds. The summed E-state index contributed by atoms with van der Waals surface area (Å²) in [5.41, 5.74) is 0. The maximum absolute atomic E-state index is 11.8. The Balaban J connectivity index is 2.42. The topological polar surface area (TPSA) is 66.8 Å². The molecule has 104 valence electrons. The summed E-state index contributed by atoms with van der Waals surface area (Å²) >= 11 is 0. The standard InChI is InChI=1S/C13H23NO4/c1-8(2)6-18-7-11(15)5-14-12(16)9(3)10(4)13(14)17/h8-11,15H,5-7H2,1-4H3/t9-,10+,11-/m1/s1. The van der Waals surface area contributed by atoms with Gasteiger partial charge in [-0.1, -0.05) is 27.7 Å². The van der Waals surface area contributed by atoms with E-state index in [1.165, 1.54) is 0 Å². The second kappa shape index (κ2) is 6.29. The van der Waals surface area contributed by atoms with E-state index in [1.54, 1.807) is 13.8 Å². The quantitative estimate of drug-likeness (QED) is 0.710. The fourth-order valence-electron chi connectivity index (χ4n) is 1.91. The van der Waals surface area contributed by atoms with Crippen LogP contribution < -0.4 is 0 Å². The number of imide groups is 1. The fraction of sp³-hybridized carbons (Fsp3) is 0.846. The molecule has 18 heavy (non-hydrogen) atoms. The molecule has 0 bridgehead atoms. The lowest BCUT2D eigenvalue weighted by atomic mass is 10.00. The van der Waals surface area contributed by atoms with Crippen molar-refractivity contribution in [2.45, 2.75) is 33.8 Å². The van der Waals surface area contributed by atoms with Gasteiger partial charge in [0.2, 0.25) is 11.8 Å². The Morgan fingerprint density at radius 3 is 2.11 bits per heavy atom. The van der Waals surface area contributed by atoms with Gasteiger partial charge in [0.05, 0.1) is 19.3 Å². The smallest absolute Gasteiger partial charge is 0.232 e. The normalized spacial score (nSPS) is 26.2. The van der Waals surface area contributed by atoms with Crippen LogP contribution in [-0.2, 0) is 14.3 Å². The highest BCUT2D eigenvalue weighted by atomic mass is 16.5. The zero-order valence-electron chi connectivity index (χ0n) is 11.5. The summed E-state index contributed by atoms with van der Waals surface area (Å²) in [5.74, 6) is -0.583. The molecule has 1 fully saturated rings. The van der Waals surface area contributed by atoms with Crippen molar-refractivity contribution in [3.63, 3.8) is 0 Å². The van der Waals surface area contributed by atoms with E-state index >= 15 is 0 Å². The lowest BCUT2D eigenvalue weighted by Crippen LogP contribution is -2.39. The lowest BCUT2D eigenvalue weighted by molar-refractivity contribution is -0.142. The second-order valence-electron chi connectivity index (χ2n) is 5.45. The Morgan fingerprint density at radius 2 is 1.67 bits per heavy atom. The highest BCUT2D eigenvalue weighted by molar-refractivity contribution is 6.04. The molecule has 3 atom stereocenters. The Bertz CT molecular complexity index is 296. The Labute approximate surface area is 108 Å². The van der Waals surface area contributed by atoms with Crippen LogP contribution in [0.25, 0.3) is 0 Å². The first kappa shape index (κ1) is 15.1. The number of hydrogen-bond donors (Lipinski definition) is 1. The number of β-amino-alcohol motifs (C(OH)–C–C–N with tert-alkyl or cyclic N) is 1. The van der Waals surface area contributed by atoms with Gasteiger partial charge in [-0.05, 0) is 5.92 Å². The van der Waals surface area contributed by atoms with E-state index in [1.807, 2.05) is 13.8 Å². The minimum absolute atomic E-state index is 0.0322. The Kier molecular flexibility index (Phi) is 5.28. The molecule has 5 nitrogen and oxygen atoms in total. The molecule has 0 spiro atoms. The maximum Gasteiger partial charge on any atom is 0.232 e. The summed E-state index contributed by atoms with van der Waals surface area (Å²) in [7, 11) is 0. The van der Waals surface area contributed by atoms with Crippen LogP contribution in [0.3, 0.4) is 0 Å². The number of rotatable bonds is 6. The molecule has 1 rings (SSSR count). The van der Waals surface area contributed by atoms with E-state index < -0.39 is 6.10 Å². The molecule has 0 aromatic heterocycles. The van der Waals surface area contributed by atoms with E-state index in [2.05, 4.69) is 0 Å². The predicted octanol–water partition coefficient (Wildman–Crippen LogP) is 0.661. The molecule has 1 N–H and O–H groups in total. The molecule has 0 aliphatic carbocycles. The van der Waals surface area contributed by atoms with Gasteiger partial charge in [-0.2, -0.15) is 0 Å². The maximum atomic E-state index is 11.8. The van der Waals surface area contributed by atoms with Crippen molar-refractivity contribution in [2.75, 3.05) is 19.8 Å². The lowest BCUT2D eigenvalue weighted by Gasteiger charge is -2.19. The number of carbonyl (C=O) groups excluding carboxylic acids is 2. The third-order valence-corrected chi connectivity index (χ3v) is 3.22. The highest BCUT2D eigenvalue weighted by Crippen LogP contribution is 2.25. The van der Waals surface area contributed by atoms with Gasteiger partial charge >= 0.3 is 0 Å². The number of aliphatic hydroxyl groups excluding tert-OH is 1. The molecule has 1 aliphatic rings. The first-order chi connectivity index (χ1) is 8.34. The number of amides is 2. The first-order valence-electron chi connectivity index (χ1n) is 6.45. The van der Waals surface area contributed by atoms with E-state index in [0.717, 1.165) is 4.90 Å². The monoisotopic (exact) mass is 257 g/mol. The van der Waals surface area contributed by atoms with Crippen LogP contribution >= 0.6 is 0 Å². The summed E-state index contributed by atoms with van der Waals surface area (Å²) < 4.78 is 5.29. The van der Waals surface area contributed by atoms with E-state index in [-0.39, 0.29) is 36.8 Å². The second-order valence-corrected chi connectivity index (χ2v) is 5.45. The summed E-state index contributed by atoms with van der Waals surface area (Å²) in [5, 5.41) is 9.76. The molecule has 0 aromatic rings. The van der Waals surface area contributed by atoms with Crippen molar-refractivity contribution in [1.82, 2.24) is 4.90 Å². The van der Waals surface area contributed by atoms with Crippen LogP contribution in [-0.4, -0.2) is 47.7 Å². The molecule has 1 aliphatic heterocycles. The van der Waals surface area contributed by atoms with Gasteiger partial charge in [0.25, 0.3) is 0 Å². The van der Waals surface area contributed by atoms with Crippen molar-refractivity contribution >= 4 is 11.8 Å². The van der Waals surface area contributed by atoms with Crippen LogP contribution in [0.2, 0.25) is 0 Å². The van der Waals surface area contributed by atoms with Crippen molar-refractivity contribution in [1.29, 1.82) is 0 Å². The van der Waals surface area contributed by atoms with Crippen molar-refractivity contribution in [3.05, 3.63) is 0 Å². The predicted molar refractivity (Wildman–Crippen MR) is 66.7 cm³/mol. The van der Waals surface area contributed by atoms with E-state index in [0.29, 0.717) is 12.5 Å². The zero-order chi connectivity index (χ0) is 13.9. The molecule has 0 saturated carbocycles. The van der Waals surface area contributed by atoms with Crippen molar-refractivity contribution in [2.24, 2.45) is 17.8 Å². The molecule has 5 heteroatoms. The summed E-state index contributed by atoms with van der Waals surface area (Å²) in [6.07, 6.45) is -0.811. The van der Waals surface area contributed by atoms with Crippen LogP contribution in [0.4, 0.5) is 0 Å². The van der Waals surface area contributed by atoms with E-state index in [9.17, 15) is 14.7 Å². The Hall–Kier alpha value is -0.940. The van der Waals surface area contributed by atoms with Gasteiger partial charge in [-0.3, -0.25) is 14.5 Å². The minimum Gasteiger partial charge on any atom is -0.389 e. The zero-order valence-corrected chi connectivity index (χ0v) is 11.5. The molecule has 0 aromatic carbocycles. The van der Waals surface area contributed by atoms with Gasteiger partial charge in [0.15, 0.2) is 0 Å². The third kappa shape index (κ3) is 3.53. The van der Waals surface area contributed by atoms with Gasteiger partial charge in [-0.25, -0.2) is 0 Å². The third-order valence-electron chi connectivity index (χ3n) is 3.22. The van der Waals surface area contributed by atoms with Gasteiger partial charge < -0.3 is 9.84 Å². The van der Waals surface area contributed by atoms with E-state index in [4.69, 9.17) is 4.74 Å². The van der Waals surface area contributed by atoms with Crippen molar-refractivity contribution < 1.29 is 19.4 Å². The molecule has 1 heterocycles. The molecular formula is C13H23NO4. The molecule has 0 unspecified atom stereocenters.